The Hall–Kier alpha value is -3.63. The summed E-state index contributed by atoms with van der Waals surface area (Å²) in [5.41, 5.74) is 0.214. The Balaban J connectivity index is 1.38. The van der Waals surface area contributed by atoms with Crippen LogP contribution in [0.1, 0.15) is 57.5 Å². The predicted molar refractivity (Wildman–Crippen MR) is 124 cm³/mol. The molecule has 1 unspecified atom stereocenters. The average Bonchev–Trinajstić information content (AvgIpc) is 3.11. The van der Waals surface area contributed by atoms with E-state index in [2.05, 4.69) is 10.2 Å². The summed E-state index contributed by atoms with van der Waals surface area (Å²) < 4.78 is 18.8. The summed E-state index contributed by atoms with van der Waals surface area (Å²) in [6.07, 6.45) is 0.810. The number of rotatable bonds is 5. The number of piperidine rings is 2. The van der Waals surface area contributed by atoms with Gasteiger partial charge in [0, 0.05) is 31.6 Å². The lowest BCUT2D eigenvalue weighted by Gasteiger charge is -2.39. The second kappa shape index (κ2) is 9.11. The highest BCUT2D eigenvalue weighted by Gasteiger charge is 2.48. The fourth-order valence-corrected chi connectivity index (χ4v) is 5.30. The highest BCUT2D eigenvalue weighted by Crippen LogP contribution is 2.43. The largest absolute Gasteiger partial charge is 0.495 e. The first-order chi connectivity index (χ1) is 17.2. The molecular formula is C26H26FN3O6. The number of benzene rings is 2. The van der Waals surface area contributed by atoms with Crippen molar-refractivity contribution in [1.82, 2.24) is 15.1 Å². The quantitative estimate of drug-likeness (QED) is 0.607. The summed E-state index contributed by atoms with van der Waals surface area (Å²) in [5, 5.41) is 13.8. The van der Waals surface area contributed by atoms with Gasteiger partial charge in [0.2, 0.25) is 11.8 Å². The first kappa shape index (κ1) is 24.1. The van der Waals surface area contributed by atoms with E-state index in [1.165, 1.54) is 25.3 Å². The van der Waals surface area contributed by atoms with Crippen LogP contribution in [0.4, 0.5) is 4.39 Å². The van der Waals surface area contributed by atoms with Gasteiger partial charge in [0.15, 0.2) is 0 Å². The fraction of sp³-hybridized carbons (Fsp3) is 0.385. The lowest BCUT2D eigenvalue weighted by atomic mass is 9.82. The molecule has 3 aliphatic heterocycles. The van der Waals surface area contributed by atoms with Crippen LogP contribution in [0, 0.1) is 5.82 Å². The molecule has 9 nitrogen and oxygen atoms in total. The van der Waals surface area contributed by atoms with Gasteiger partial charge in [-0.15, -0.1) is 0 Å². The Bertz CT molecular complexity index is 1250. The maximum Gasteiger partial charge on any atom is 0.266 e. The zero-order chi connectivity index (χ0) is 25.6. The molecule has 2 fully saturated rings. The molecule has 188 valence electrons. The number of nitrogens with one attached hydrogen (secondary N) is 1. The number of hydrogen-bond acceptors (Lipinski definition) is 7. The predicted octanol–water partition coefficient (Wildman–Crippen LogP) is 1.72. The molecular weight excluding hydrogens is 469 g/mol. The maximum absolute atomic E-state index is 13.4. The van der Waals surface area contributed by atoms with Gasteiger partial charge in [-0.3, -0.25) is 34.3 Å². The lowest BCUT2D eigenvalue weighted by molar-refractivity contribution is -0.136. The molecule has 2 aromatic carbocycles. The number of likely N-dealkylation sites (tertiary alicyclic amines) is 1. The number of carbonyl (C=O) groups is 4. The zero-order valence-corrected chi connectivity index (χ0v) is 19.8. The summed E-state index contributed by atoms with van der Waals surface area (Å²) in [6.45, 7) is 1.73. The summed E-state index contributed by atoms with van der Waals surface area (Å²) in [7, 11) is 1.37. The van der Waals surface area contributed by atoms with Crippen molar-refractivity contribution in [3.8, 4) is 5.75 Å². The van der Waals surface area contributed by atoms with Crippen molar-refractivity contribution in [3.63, 3.8) is 0 Å². The number of hydrogen-bond donors (Lipinski definition) is 2. The Morgan fingerprint density at radius 1 is 1.06 bits per heavy atom. The Kier molecular flexibility index (Phi) is 6.09. The third kappa shape index (κ3) is 4.06. The zero-order valence-electron chi connectivity index (χ0n) is 19.8. The van der Waals surface area contributed by atoms with Crippen LogP contribution in [-0.4, -0.2) is 64.8 Å². The summed E-state index contributed by atoms with van der Waals surface area (Å²) >= 11 is 0. The molecule has 0 radical (unpaired) electrons. The van der Waals surface area contributed by atoms with E-state index in [-0.39, 0.29) is 35.5 Å². The number of aliphatic hydroxyl groups is 1. The number of amides is 4. The molecule has 5 rings (SSSR count). The number of fused-ring (bicyclic) bond motifs is 1. The molecule has 0 aromatic heterocycles. The van der Waals surface area contributed by atoms with Crippen molar-refractivity contribution >= 4 is 23.6 Å². The number of carbonyl (C=O) groups excluding carboxylic acids is 4. The van der Waals surface area contributed by atoms with Gasteiger partial charge < -0.3 is 9.84 Å². The van der Waals surface area contributed by atoms with Crippen molar-refractivity contribution in [2.24, 2.45) is 0 Å². The van der Waals surface area contributed by atoms with Crippen LogP contribution in [0.25, 0.3) is 0 Å². The van der Waals surface area contributed by atoms with Gasteiger partial charge >= 0.3 is 0 Å². The summed E-state index contributed by atoms with van der Waals surface area (Å²) in [4.78, 5) is 53.4. The molecule has 2 N–H and O–H groups in total. The number of ether oxygens (including phenoxy) is 1. The van der Waals surface area contributed by atoms with E-state index in [0.717, 1.165) is 10.5 Å². The second-order valence-electron chi connectivity index (χ2n) is 9.45. The normalized spacial score (nSPS) is 22.0. The molecule has 2 saturated heterocycles. The minimum atomic E-state index is -1.29. The molecule has 10 heteroatoms. The van der Waals surface area contributed by atoms with Crippen molar-refractivity contribution in [2.75, 3.05) is 20.2 Å². The molecule has 4 amide bonds. The van der Waals surface area contributed by atoms with Crippen LogP contribution >= 0.6 is 0 Å². The summed E-state index contributed by atoms with van der Waals surface area (Å²) in [5.74, 6) is -2.61. The highest BCUT2D eigenvalue weighted by molar-refractivity contribution is 6.24. The van der Waals surface area contributed by atoms with E-state index in [0.29, 0.717) is 38.0 Å². The van der Waals surface area contributed by atoms with Crippen molar-refractivity contribution < 1.29 is 33.4 Å². The van der Waals surface area contributed by atoms with Crippen LogP contribution < -0.4 is 10.1 Å². The Labute approximate surface area is 206 Å². The van der Waals surface area contributed by atoms with Crippen LogP contribution in [0.2, 0.25) is 0 Å². The van der Waals surface area contributed by atoms with Crippen LogP contribution in [0.3, 0.4) is 0 Å². The molecule has 0 spiro atoms. The standard InChI is InChI=1S/C26H26FN3O6/c1-36-22-18(26(35)10-12-29(13-11-26)14-15-2-4-16(27)5-3-15)7-6-17-21(22)25(34)30(24(17)33)19-8-9-20(31)28-23(19)32/h2-7,19,35H,8-14H2,1H3,(H,28,31,32). The van der Waals surface area contributed by atoms with Crippen molar-refractivity contribution in [2.45, 2.75) is 43.9 Å². The molecule has 1 atom stereocenters. The first-order valence-corrected chi connectivity index (χ1v) is 11.8. The SMILES string of the molecule is COc1c(C2(O)CCN(Cc3ccc(F)cc3)CC2)ccc2c1C(=O)N(C1CCC(=O)NC1=O)C2=O. The maximum atomic E-state index is 13.4. The first-order valence-electron chi connectivity index (χ1n) is 11.8. The molecule has 3 aliphatic rings. The number of imide groups is 2. The van der Waals surface area contributed by atoms with E-state index >= 15 is 0 Å². The lowest BCUT2D eigenvalue weighted by Crippen LogP contribution is -2.54. The fourth-order valence-electron chi connectivity index (χ4n) is 5.30. The van der Waals surface area contributed by atoms with E-state index < -0.39 is 35.3 Å². The van der Waals surface area contributed by atoms with Crippen molar-refractivity contribution in [1.29, 1.82) is 0 Å². The molecule has 0 saturated carbocycles. The van der Waals surface area contributed by atoms with Gasteiger partial charge in [-0.05, 0) is 43.0 Å². The number of methoxy groups -OCH3 is 1. The van der Waals surface area contributed by atoms with Crippen LogP contribution in [-0.2, 0) is 21.7 Å². The van der Waals surface area contributed by atoms with E-state index in [1.807, 2.05) is 0 Å². The minimum Gasteiger partial charge on any atom is -0.495 e. The Morgan fingerprint density at radius 2 is 1.75 bits per heavy atom. The number of halogens is 1. The second-order valence-corrected chi connectivity index (χ2v) is 9.45. The van der Waals surface area contributed by atoms with Gasteiger partial charge in [-0.25, -0.2) is 4.39 Å². The third-order valence-corrected chi connectivity index (χ3v) is 7.27. The van der Waals surface area contributed by atoms with Crippen LogP contribution in [0.15, 0.2) is 36.4 Å². The Morgan fingerprint density at radius 3 is 2.39 bits per heavy atom. The molecule has 0 aliphatic carbocycles. The van der Waals surface area contributed by atoms with Crippen molar-refractivity contribution in [3.05, 3.63) is 64.5 Å². The average molecular weight is 496 g/mol. The monoisotopic (exact) mass is 495 g/mol. The van der Waals surface area contributed by atoms with E-state index in [9.17, 15) is 28.7 Å². The minimum absolute atomic E-state index is 0.0202. The molecule has 2 aromatic rings. The highest BCUT2D eigenvalue weighted by atomic mass is 19.1. The molecule has 3 heterocycles. The summed E-state index contributed by atoms with van der Waals surface area (Å²) in [6, 6.07) is 8.31. The smallest absolute Gasteiger partial charge is 0.266 e. The van der Waals surface area contributed by atoms with E-state index in [4.69, 9.17) is 4.74 Å². The van der Waals surface area contributed by atoms with Gasteiger partial charge in [-0.2, -0.15) is 0 Å². The van der Waals surface area contributed by atoms with Gasteiger partial charge in [-0.1, -0.05) is 18.2 Å². The van der Waals surface area contributed by atoms with E-state index in [1.54, 1.807) is 18.2 Å². The third-order valence-electron chi connectivity index (χ3n) is 7.27. The van der Waals surface area contributed by atoms with Gasteiger partial charge in [0.25, 0.3) is 11.8 Å². The number of nitrogens with zero attached hydrogens (tertiary/aromatic N) is 2. The van der Waals surface area contributed by atoms with Gasteiger partial charge in [0.05, 0.1) is 23.8 Å². The molecule has 0 bridgehead atoms. The molecule has 36 heavy (non-hydrogen) atoms. The van der Waals surface area contributed by atoms with Crippen LogP contribution in [0.5, 0.6) is 5.75 Å². The van der Waals surface area contributed by atoms with Gasteiger partial charge in [0.1, 0.15) is 17.6 Å². The topological polar surface area (TPSA) is 116 Å².